The zero-order valence-electron chi connectivity index (χ0n) is 14.0. The second-order valence-electron chi connectivity index (χ2n) is 6.39. The second kappa shape index (κ2) is 7.82. The number of hydrogen-bond donors (Lipinski definition) is 0. The third-order valence-corrected chi connectivity index (χ3v) is 4.90. The van der Waals surface area contributed by atoms with E-state index in [0.717, 1.165) is 43.3 Å². The van der Waals surface area contributed by atoms with Gasteiger partial charge in [-0.2, -0.15) is 0 Å². The van der Waals surface area contributed by atoms with Crippen LogP contribution in [0.1, 0.15) is 16.7 Å². The van der Waals surface area contributed by atoms with Gasteiger partial charge in [0.15, 0.2) is 0 Å². The molecule has 3 nitrogen and oxygen atoms in total. The quantitative estimate of drug-likeness (QED) is 0.848. The van der Waals surface area contributed by atoms with Crippen LogP contribution in [0.5, 0.6) is 0 Å². The minimum atomic E-state index is 0.232. The number of carbonyl (C=O) groups is 1. The highest BCUT2D eigenvalue weighted by Gasteiger charge is 2.21. The van der Waals surface area contributed by atoms with Crippen LogP contribution in [-0.2, 0) is 17.8 Å². The molecule has 0 bridgehead atoms. The number of benzene rings is 2. The summed E-state index contributed by atoms with van der Waals surface area (Å²) < 4.78 is 0. The molecule has 0 unspecified atom stereocenters. The molecule has 2 aromatic rings. The van der Waals surface area contributed by atoms with Crippen molar-refractivity contribution in [2.75, 3.05) is 26.2 Å². The molecule has 0 N–H and O–H groups in total. The van der Waals surface area contributed by atoms with Crippen LogP contribution in [0.2, 0.25) is 5.02 Å². The maximum absolute atomic E-state index is 12.5. The molecule has 24 heavy (non-hydrogen) atoms. The topological polar surface area (TPSA) is 23.6 Å². The van der Waals surface area contributed by atoms with E-state index in [9.17, 15) is 4.79 Å². The molecular formula is C20H23ClN2O. The standard InChI is InChI=1S/C20H23ClN2O/c1-16-4-2-3-5-18(16)14-20(24)23-12-10-22(11-13-23)15-17-6-8-19(21)9-7-17/h2-9H,10-15H2,1H3. The van der Waals surface area contributed by atoms with E-state index in [4.69, 9.17) is 11.6 Å². The zero-order valence-corrected chi connectivity index (χ0v) is 14.8. The van der Waals surface area contributed by atoms with Gasteiger partial charge in [-0.3, -0.25) is 9.69 Å². The Morgan fingerprint density at radius 1 is 1.00 bits per heavy atom. The van der Waals surface area contributed by atoms with E-state index in [1.165, 1.54) is 11.1 Å². The van der Waals surface area contributed by atoms with Crippen molar-refractivity contribution >= 4 is 17.5 Å². The van der Waals surface area contributed by atoms with Crippen molar-refractivity contribution in [3.05, 3.63) is 70.2 Å². The first-order chi connectivity index (χ1) is 11.6. The van der Waals surface area contributed by atoms with E-state index in [1.54, 1.807) is 0 Å². The molecule has 1 heterocycles. The lowest BCUT2D eigenvalue weighted by atomic mass is 10.1. The average molecular weight is 343 g/mol. The maximum atomic E-state index is 12.5. The lowest BCUT2D eigenvalue weighted by molar-refractivity contribution is -0.132. The van der Waals surface area contributed by atoms with Crippen LogP contribution in [0.4, 0.5) is 0 Å². The van der Waals surface area contributed by atoms with Gasteiger partial charge in [-0.15, -0.1) is 0 Å². The predicted octanol–water partition coefficient (Wildman–Crippen LogP) is 3.54. The molecule has 0 radical (unpaired) electrons. The summed E-state index contributed by atoms with van der Waals surface area (Å²) in [6.45, 7) is 6.42. The molecule has 126 valence electrons. The van der Waals surface area contributed by atoms with Crippen LogP contribution in [0.15, 0.2) is 48.5 Å². The van der Waals surface area contributed by atoms with E-state index in [1.807, 2.05) is 35.2 Å². The number of aryl methyl sites for hydroxylation is 1. The normalized spacial score (nSPS) is 15.5. The SMILES string of the molecule is Cc1ccccc1CC(=O)N1CCN(Cc2ccc(Cl)cc2)CC1. The Balaban J connectivity index is 1.50. The maximum Gasteiger partial charge on any atom is 0.227 e. The minimum Gasteiger partial charge on any atom is -0.340 e. The molecule has 2 aromatic carbocycles. The lowest BCUT2D eigenvalue weighted by Crippen LogP contribution is -2.48. The first-order valence-corrected chi connectivity index (χ1v) is 8.79. The first-order valence-electron chi connectivity index (χ1n) is 8.41. The largest absolute Gasteiger partial charge is 0.340 e. The number of rotatable bonds is 4. The van der Waals surface area contributed by atoms with Crippen molar-refractivity contribution in [2.45, 2.75) is 19.9 Å². The van der Waals surface area contributed by atoms with Crippen molar-refractivity contribution in [1.82, 2.24) is 9.80 Å². The Morgan fingerprint density at radius 3 is 2.33 bits per heavy atom. The van der Waals surface area contributed by atoms with Gasteiger partial charge in [0.25, 0.3) is 0 Å². The highest BCUT2D eigenvalue weighted by Crippen LogP contribution is 2.14. The van der Waals surface area contributed by atoms with Gasteiger partial charge in [0.05, 0.1) is 6.42 Å². The molecule has 0 saturated carbocycles. The number of piperazine rings is 1. The molecule has 3 rings (SSSR count). The zero-order chi connectivity index (χ0) is 16.9. The highest BCUT2D eigenvalue weighted by molar-refractivity contribution is 6.30. The van der Waals surface area contributed by atoms with Gasteiger partial charge in [0.1, 0.15) is 0 Å². The summed E-state index contributed by atoms with van der Waals surface area (Å²) in [5, 5.41) is 0.769. The molecule has 1 aliphatic heterocycles. The number of halogens is 1. The van der Waals surface area contributed by atoms with Crippen molar-refractivity contribution in [3.63, 3.8) is 0 Å². The van der Waals surface area contributed by atoms with Gasteiger partial charge < -0.3 is 4.90 Å². The average Bonchev–Trinajstić information content (AvgIpc) is 2.59. The summed E-state index contributed by atoms with van der Waals surface area (Å²) in [4.78, 5) is 16.9. The van der Waals surface area contributed by atoms with Crippen molar-refractivity contribution < 1.29 is 4.79 Å². The van der Waals surface area contributed by atoms with Crippen molar-refractivity contribution in [1.29, 1.82) is 0 Å². The summed E-state index contributed by atoms with van der Waals surface area (Å²) in [5.74, 6) is 0.232. The third kappa shape index (κ3) is 4.37. The molecule has 1 fully saturated rings. The summed E-state index contributed by atoms with van der Waals surface area (Å²) in [6, 6.07) is 16.1. The minimum absolute atomic E-state index is 0.232. The third-order valence-electron chi connectivity index (χ3n) is 4.65. The van der Waals surface area contributed by atoms with E-state index in [2.05, 4.69) is 30.0 Å². The van der Waals surface area contributed by atoms with Gasteiger partial charge in [-0.05, 0) is 35.7 Å². The summed E-state index contributed by atoms with van der Waals surface area (Å²) in [6.07, 6.45) is 0.504. The second-order valence-corrected chi connectivity index (χ2v) is 6.82. The van der Waals surface area contributed by atoms with Crippen LogP contribution in [-0.4, -0.2) is 41.9 Å². The van der Waals surface area contributed by atoms with Crippen LogP contribution < -0.4 is 0 Å². The molecule has 0 aromatic heterocycles. The first kappa shape index (κ1) is 17.0. The van der Waals surface area contributed by atoms with Crippen LogP contribution in [0.3, 0.4) is 0 Å². The highest BCUT2D eigenvalue weighted by atomic mass is 35.5. The Bertz CT molecular complexity index is 691. The molecule has 1 aliphatic rings. The molecule has 1 saturated heterocycles. The van der Waals surface area contributed by atoms with E-state index < -0.39 is 0 Å². The van der Waals surface area contributed by atoms with Gasteiger partial charge >= 0.3 is 0 Å². The van der Waals surface area contributed by atoms with E-state index in [0.29, 0.717) is 6.42 Å². The van der Waals surface area contributed by atoms with Gasteiger partial charge in [-0.1, -0.05) is 48.0 Å². The predicted molar refractivity (Wildman–Crippen MR) is 98.2 cm³/mol. The summed E-state index contributed by atoms with van der Waals surface area (Å²) >= 11 is 5.93. The van der Waals surface area contributed by atoms with Crippen LogP contribution >= 0.6 is 11.6 Å². The number of carbonyl (C=O) groups excluding carboxylic acids is 1. The van der Waals surface area contributed by atoms with Gasteiger partial charge in [0.2, 0.25) is 5.91 Å². The molecule has 4 heteroatoms. The smallest absolute Gasteiger partial charge is 0.227 e. The van der Waals surface area contributed by atoms with Gasteiger partial charge in [0, 0.05) is 37.7 Å². The van der Waals surface area contributed by atoms with Crippen molar-refractivity contribution in [2.24, 2.45) is 0 Å². The fourth-order valence-corrected chi connectivity index (χ4v) is 3.21. The Hall–Kier alpha value is -1.84. The molecule has 0 spiro atoms. The van der Waals surface area contributed by atoms with E-state index >= 15 is 0 Å². The monoisotopic (exact) mass is 342 g/mol. The van der Waals surface area contributed by atoms with Crippen molar-refractivity contribution in [3.8, 4) is 0 Å². The molecule has 1 amide bonds. The Morgan fingerprint density at radius 2 is 1.67 bits per heavy atom. The van der Waals surface area contributed by atoms with E-state index in [-0.39, 0.29) is 5.91 Å². The Kier molecular flexibility index (Phi) is 5.54. The molecular weight excluding hydrogens is 320 g/mol. The Labute approximate surface area is 148 Å². The number of hydrogen-bond acceptors (Lipinski definition) is 2. The summed E-state index contributed by atoms with van der Waals surface area (Å²) in [5.41, 5.74) is 3.58. The number of nitrogens with zero attached hydrogens (tertiary/aromatic N) is 2. The lowest BCUT2D eigenvalue weighted by Gasteiger charge is -2.35. The van der Waals surface area contributed by atoms with Crippen LogP contribution in [0.25, 0.3) is 0 Å². The fourth-order valence-electron chi connectivity index (χ4n) is 3.09. The fraction of sp³-hybridized carbons (Fsp3) is 0.350. The molecule has 0 atom stereocenters. The molecule has 0 aliphatic carbocycles. The van der Waals surface area contributed by atoms with Gasteiger partial charge in [-0.25, -0.2) is 0 Å². The number of amides is 1. The van der Waals surface area contributed by atoms with Crippen LogP contribution in [0, 0.1) is 6.92 Å². The summed E-state index contributed by atoms with van der Waals surface area (Å²) in [7, 11) is 0.